The Labute approximate surface area is 159 Å². The van der Waals surface area contributed by atoms with Crippen molar-refractivity contribution in [3.63, 3.8) is 0 Å². The van der Waals surface area contributed by atoms with Gasteiger partial charge in [-0.2, -0.15) is 0 Å². The molecular weight excluding hydrogens is 363 g/mol. The van der Waals surface area contributed by atoms with Crippen LogP contribution in [0.4, 0.5) is 0 Å². The molecule has 6 heteroatoms. The average molecular weight is 388 g/mol. The summed E-state index contributed by atoms with van der Waals surface area (Å²) in [6.07, 6.45) is 3.52. The minimum absolute atomic E-state index is 0.108. The zero-order valence-corrected chi connectivity index (χ0v) is 16.5. The highest BCUT2D eigenvalue weighted by molar-refractivity contribution is 7.51. The molecule has 144 valence electrons. The van der Waals surface area contributed by atoms with Crippen LogP contribution in [0, 0.1) is 6.92 Å². The maximum Gasteiger partial charge on any atom is 0.362 e. The van der Waals surface area contributed by atoms with Gasteiger partial charge in [-0.25, -0.2) is 0 Å². The summed E-state index contributed by atoms with van der Waals surface area (Å²) >= 11 is 0. The zero-order chi connectivity index (χ0) is 19.4. The molecule has 0 unspecified atom stereocenters. The zero-order valence-electron chi connectivity index (χ0n) is 15.6. The lowest BCUT2D eigenvalue weighted by atomic mass is 9.86. The fraction of sp³-hybridized carbons (Fsp3) is 0.429. The average Bonchev–Trinajstić information content (AvgIpc) is 3.18. The molecule has 0 radical (unpaired) electrons. The van der Waals surface area contributed by atoms with E-state index in [0.29, 0.717) is 11.5 Å². The van der Waals surface area contributed by atoms with Crippen LogP contribution in [0.2, 0.25) is 0 Å². The molecule has 0 bridgehead atoms. The van der Waals surface area contributed by atoms with Gasteiger partial charge in [0, 0.05) is 11.5 Å². The molecule has 5 nitrogen and oxygen atoms in total. The molecule has 1 saturated carbocycles. The second kappa shape index (κ2) is 6.37. The Bertz CT molecular complexity index is 942. The quantitative estimate of drug-likeness (QED) is 0.663. The van der Waals surface area contributed by atoms with Crippen molar-refractivity contribution >= 4 is 7.60 Å². The SMILES string of the molecule is Cc1cc(OCP(=O)(O)O)cc2c1[C@@H](c1ccc(O)c(C3(C)CC3)c1)CC2. The van der Waals surface area contributed by atoms with Crippen LogP contribution in [0.3, 0.4) is 0 Å². The molecule has 2 aliphatic carbocycles. The number of hydrogen-bond acceptors (Lipinski definition) is 3. The highest BCUT2D eigenvalue weighted by Gasteiger charge is 2.41. The normalized spacial score (nSPS) is 20.4. The van der Waals surface area contributed by atoms with Gasteiger partial charge in [0.15, 0.2) is 6.35 Å². The van der Waals surface area contributed by atoms with E-state index in [2.05, 4.69) is 13.0 Å². The predicted molar refractivity (Wildman–Crippen MR) is 104 cm³/mol. The fourth-order valence-electron chi connectivity index (χ4n) is 4.27. The van der Waals surface area contributed by atoms with Gasteiger partial charge >= 0.3 is 7.60 Å². The molecule has 0 heterocycles. The van der Waals surface area contributed by atoms with Crippen LogP contribution in [0.25, 0.3) is 0 Å². The minimum atomic E-state index is -4.19. The van der Waals surface area contributed by atoms with Crippen molar-refractivity contribution in [1.82, 2.24) is 0 Å². The third-order valence-electron chi connectivity index (χ3n) is 5.97. The topological polar surface area (TPSA) is 87.0 Å². The van der Waals surface area contributed by atoms with Gasteiger partial charge in [0.1, 0.15) is 11.5 Å². The first-order chi connectivity index (χ1) is 12.7. The summed E-state index contributed by atoms with van der Waals surface area (Å²) in [4.78, 5) is 18.0. The molecule has 1 atom stereocenters. The Kier molecular flexibility index (Phi) is 4.38. The van der Waals surface area contributed by atoms with Crippen molar-refractivity contribution in [2.45, 2.75) is 50.9 Å². The van der Waals surface area contributed by atoms with Gasteiger partial charge in [0.05, 0.1) is 0 Å². The molecular formula is C21H25O5P. The Morgan fingerprint density at radius 2 is 1.96 bits per heavy atom. The van der Waals surface area contributed by atoms with E-state index in [0.717, 1.165) is 36.8 Å². The smallest absolute Gasteiger partial charge is 0.362 e. The molecule has 0 aliphatic heterocycles. The van der Waals surface area contributed by atoms with Crippen molar-refractivity contribution in [2.24, 2.45) is 0 Å². The number of rotatable bonds is 5. The molecule has 4 rings (SSSR count). The van der Waals surface area contributed by atoms with Crippen molar-refractivity contribution < 1.29 is 24.2 Å². The lowest BCUT2D eigenvalue weighted by Gasteiger charge is -2.19. The van der Waals surface area contributed by atoms with Crippen LogP contribution in [-0.2, 0) is 16.4 Å². The maximum absolute atomic E-state index is 11.1. The molecule has 27 heavy (non-hydrogen) atoms. The summed E-state index contributed by atoms with van der Waals surface area (Å²) in [6.45, 7) is 4.22. The van der Waals surface area contributed by atoms with Crippen LogP contribution < -0.4 is 4.74 Å². The van der Waals surface area contributed by atoms with E-state index in [4.69, 9.17) is 14.5 Å². The summed E-state index contributed by atoms with van der Waals surface area (Å²) in [7, 11) is -4.19. The van der Waals surface area contributed by atoms with Crippen molar-refractivity contribution in [3.8, 4) is 11.5 Å². The van der Waals surface area contributed by atoms with Crippen molar-refractivity contribution in [3.05, 3.63) is 58.1 Å². The van der Waals surface area contributed by atoms with E-state index in [1.165, 1.54) is 16.7 Å². The summed E-state index contributed by atoms with van der Waals surface area (Å²) in [6, 6.07) is 9.76. The third kappa shape index (κ3) is 3.64. The Balaban J connectivity index is 1.65. The lowest BCUT2D eigenvalue weighted by molar-refractivity contribution is 0.300. The van der Waals surface area contributed by atoms with Crippen molar-refractivity contribution in [1.29, 1.82) is 0 Å². The van der Waals surface area contributed by atoms with Crippen LogP contribution in [0.15, 0.2) is 30.3 Å². The fourth-order valence-corrected chi connectivity index (χ4v) is 4.59. The summed E-state index contributed by atoms with van der Waals surface area (Å²) in [5.41, 5.74) is 5.90. The van der Waals surface area contributed by atoms with E-state index < -0.39 is 13.9 Å². The number of fused-ring (bicyclic) bond motifs is 1. The number of benzene rings is 2. The molecule has 2 aromatic carbocycles. The number of aromatic hydroxyl groups is 1. The Hall–Kier alpha value is -1.81. The third-order valence-corrected chi connectivity index (χ3v) is 6.43. The number of aryl methyl sites for hydroxylation is 2. The highest BCUT2D eigenvalue weighted by Crippen LogP contribution is 2.52. The second-order valence-corrected chi connectivity index (χ2v) is 9.77. The molecule has 0 aromatic heterocycles. The number of phenolic OH excluding ortho intramolecular Hbond substituents is 1. The molecule has 3 N–H and O–H groups in total. The largest absolute Gasteiger partial charge is 0.508 e. The van der Waals surface area contributed by atoms with Crippen LogP contribution in [0.1, 0.15) is 59.9 Å². The van der Waals surface area contributed by atoms with E-state index in [1.807, 2.05) is 31.2 Å². The van der Waals surface area contributed by atoms with Crippen LogP contribution in [0.5, 0.6) is 11.5 Å². The molecule has 2 aliphatic rings. The van der Waals surface area contributed by atoms with Gasteiger partial charge in [-0.3, -0.25) is 4.57 Å². The van der Waals surface area contributed by atoms with E-state index in [9.17, 15) is 9.67 Å². The molecule has 0 spiro atoms. The first-order valence-electron chi connectivity index (χ1n) is 9.30. The number of ether oxygens (including phenoxy) is 1. The highest BCUT2D eigenvalue weighted by atomic mass is 31.2. The monoisotopic (exact) mass is 388 g/mol. The summed E-state index contributed by atoms with van der Waals surface area (Å²) < 4.78 is 16.4. The van der Waals surface area contributed by atoms with Crippen LogP contribution in [-0.4, -0.2) is 21.2 Å². The molecule has 0 amide bonds. The number of phenols is 1. The first kappa shape index (κ1) is 18.5. The van der Waals surface area contributed by atoms with E-state index in [1.54, 1.807) is 0 Å². The van der Waals surface area contributed by atoms with E-state index in [-0.39, 0.29) is 11.3 Å². The molecule has 2 aromatic rings. The standard InChI is InChI=1S/C21H25O5P/c1-13-9-16(26-12-27(23,24)25)10-15-3-5-17(20(13)15)14-4-6-19(22)18(11-14)21(2)7-8-21/h4,6,9-11,17,22H,3,5,7-8,12H2,1-2H3,(H2,23,24,25)/t17-/m1/s1. The summed E-state index contributed by atoms with van der Waals surface area (Å²) in [5, 5.41) is 10.3. The number of hydrogen-bond donors (Lipinski definition) is 3. The second-order valence-electron chi connectivity index (χ2n) is 8.18. The Morgan fingerprint density at radius 1 is 1.22 bits per heavy atom. The van der Waals surface area contributed by atoms with Gasteiger partial charge in [-0.05, 0) is 78.5 Å². The van der Waals surface area contributed by atoms with Gasteiger partial charge < -0.3 is 19.6 Å². The van der Waals surface area contributed by atoms with Crippen LogP contribution >= 0.6 is 7.60 Å². The summed E-state index contributed by atoms with van der Waals surface area (Å²) in [5.74, 6) is 1.17. The minimum Gasteiger partial charge on any atom is -0.508 e. The van der Waals surface area contributed by atoms with Crippen molar-refractivity contribution in [2.75, 3.05) is 6.35 Å². The van der Waals surface area contributed by atoms with Gasteiger partial charge in [-0.15, -0.1) is 0 Å². The van der Waals surface area contributed by atoms with E-state index >= 15 is 0 Å². The Morgan fingerprint density at radius 3 is 2.63 bits per heavy atom. The predicted octanol–water partition coefficient (Wildman–Crippen LogP) is 4.34. The van der Waals surface area contributed by atoms with Gasteiger partial charge in [-0.1, -0.05) is 19.1 Å². The van der Waals surface area contributed by atoms with Gasteiger partial charge in [0.25, 0.3) is 0 Å². The molecule has 1 fully saturated rings. The van der Waals surface area contributed by atoms with Gasteiger partial charge in [0.2, 0.25) is 0 Å². The first-order valence-corrected chi connectivity index (χ1v) is 11.1. The maximum atomic E-state index is 11.1. The lowest BCUT2D eigenvalue weighted by Crippen LogP contribution is -2.05. The molecule has 0 saturated heterocycles.